The van der Waals surface area contributed by atoms with Gasteiger partial charge < -0.3 is 15.2 Å². The molecule has 1 aromatic rings. The van der Waals surface area contributed by atoms with Crippen LogP contribution in [0.4, 0.5) is 0 Å². The average Bonchev–Trinajstić information content (AvgIpc) is 2.35. The first-order valence-corrected chi connectivity index (χ1v) is 6.18. The van der Waals surface area contributed by atoms with Crippen molar-refractivity contribution in [3.8, 4) is 5.75 Å². The fraction of sp³-hybridized carbons (Fsp3) is 0.571. The van der Waals surface area contributed by atoms with Crippen molar-refractivity contribution in [3.05, 3.63) is 30.3 Å². The molecular weight excluding hydrogens is 214 g/mol. The number of benzene rings is 1. The quantitative estimate of drug-likeness (QED) is 0.707. The molecule has 0 spiro atoms. The lowest BCUT2D eigenvalue weighted by Crippen LogP contribution is -2.40. The van der Waals surface area contributed by atoms with Gasteiger partial charge in [-0.15, -0.1) is 0 Å². The fourth-order valence-corrected chi connectivity index (χ4v) is 1.28. The van der Waals surface area contributed by atoms with Gasteiger partial charge in [0.2, 0.25) is 0 Å². The third-order valence-corrected chi connectivity index (χ3v) is 2.68. The Kier molecular flexibility index (Phi) is 6.01. The van der Waals surface area contributed by atoms with Gasteiger partial charge in [-0.05, 0) is 25.5 Å². The minimum Gasteiger partial charge on any atom is -0.494 e. The molecule has 96 valence electrons. The van der Waals surface area contributed by atoms with Crippen molar-refractivity contribution in [1.82, 2.24) is 0 Å². The summed E-state index contributed by atoms with van der Waals surface area (Å²) in [6, 6.07) is 9.81. The van der Waals surface area contributed by atoms with E-state index in [0.717, 1.165) is 18.6 Å². The van der Waals surface area contributed by atoms with Gasteiger partial charge in [0.1, 0.15) is 5.75 Å². The molecule has 0 saturated heterocycles. The van der Waals surface area contributed by atoms with Gasteiger partial charge in [-0.3, -0.25) is 0 Å². The van der Waals surface area contributed by atoms with E-state index >= 15 is 0 Å². The number of nitrogens with two attached hydrogens (primary N) is 1. The Morgan fingerprint density at radius 1 is 1.18 bits per heavy atom. The van der Waals surface area contributed by atoms with Gasteiger partial charge in [-0.25, -0.2) is 0 Å². The maximum Gasteiger partial charge on any atom is 0.119 e. The number of rotatable bonds is 8. The highest BCUT2D eigenvalue weighted by Gasteiger charge is 2.14. The van der Waals surface area contributed by atoms with Gasteiger partial charge in [0, 0.05) is 18.6 Å². The largest absolute Gasteiger partial charge is 0.494 e. The first-order valence-electron chi connectivity index (χ1n) is 6.18. The van der Waals surface area contributed by atoms with Crippen LogP contribution in [0.1, 0.15) is 26.7 Å². The van der Waals surface area contributed by atoms with Gasteiger partial charge in [0.05, 0.1) is 13.2 Å². The maximum absolute atomic E-state index is 5.97. The third-order valence-electron chi connectivity index (χ3n) is 2.68. The monoisotopic (exact) mass is 237 g/mol. The van der Waals surface area contributed by atoms with E-state index in [9.17, 15) is 0 Å². The van der Waals surface area contributed by atoms with Crippen LogP contribution >= 0.6 is 0 Å². The van der Waals surface area contributed by atoms with Gasteiger partial charge in [-0.2, -0.15) is 0 Å². The Bertz CT molecular complexity index is 298. The Morgan fingerprint density at radius 2 is 1.88 bits per heavy atom. The molecule has 1 atom stereocenters. The van der Waals surface area contributed by atoms with E-state index < -0.39 is 0 Å². The molecule has 0 amide bonds. The number of para-hydroxylation sites is 1. The van der Waals surface area contributed by atoms with Crippen LogP contribution in [0.25, 0.3) is 0 Å². The van der Waals surface area contributed by atoms with Crippen LogP contribution in [0.3, 0.4) is 0 Å². The van der Waals surface area contributed by atoms with E-state index in [1.54, 1.807) is 0 Å². The van der Waals surface area contributed by atoms with Crippen molar-refractivity contribution in [3.63, 3.8) is 0 Å². The van der Waals surface area contributed by atoms with Crippen LogP contribution in [0.5, 0.6) is 5.75 Å². The zero-order valence-corrected chi connectivity index (χ0v) is 10.8. The van der Waals surface area contributed by atoms with Crippen molar-refractivity contribution in [2.75, 3.05) is 19.8 Å². The van der Waals surface area contributed by atoms with E-state index in [4.69, 9.17) is 15.2 Å². The molecule has 0 heterocycles. The average molecular weight is 237 g/mol. The van der Waals surface area contributed by atoms with Crippen LogP contribution in [0, 0.1) is 0 Å². The Morgan fingerprint density at radius 3 is 2.53 bits per heavy atom. The predicted octanol–water partition coefficient (Wildman–Crippen LogP) is 2.60. The van der Waals surface area contributed by atoms with Crippen LogP contribution in [0.15, 0.2) is 30.3 Å². The summed E-state index contributed by atoms with van der Waals surface area (Å²) in [7, 11) is 0. The third kappa shape index (κ3) is 6.29. The minimum absolute atomic E-state index is 0.208. The van der Waals surface area contributed by atoms with Crippen LogP contribution in [-0.4, -0.2) is 25.4 Å². The summed E-state index contributed by atoms with van der Waals surface area (Å²) in [4.78, 5) is 0. The molecule has 1 rings (SSSR count). The molecule has 0 aliphatic rings. The number of ether oxygens (including phenoxy) is 2. The lowest BCUT2D eigenvalue weighted by atomic mass is 10.0. The zero-order valence-electron chi connectivity index (χ0n) is 10.8. The number of hydrogen-bond acceptors (Lipinski definition) is 3. The summed E-state index contributed by atoms with van der Waals surface area (Å²) >= 11 is 0. The Labute approximate surface area is 104 Å². The second-order valence-corrected chi connectivity index (χ2v) is 4.58. The molecule has 17 heavy (non-hydrogen) atoms. The van der Waals surface area contributed by atoms with Crippen LogP contribution in [0.2, 0.25) is 0 Å². The standard InChI is InChI=1S/C14H23NO2/c1-3-14(2,15)12-16-10-7-11-17-13-8-5-4-6-9-13/h4-6,8-9H,3,7,10-12,15H2,1-2H3. The minimum atomic E-state index is -0.208. The van der Waals surface area contributed by atoms with Crippen LogP contribution < -0.4 is 10.5 Å². The molecule has 1 aromatic carbocycles. The predicted molar refractivity (Wildman–Crippen MR) is 70.3 cm³/mol. The fourth-order valence-electron chi connectivity index (χ4n) is 1.28. The Balaban J connectivity index is 2.02. The molecular formula is C14H23NO2. The molecule has 1 unspecified atom stereocenters. The van der Waals surface area contributed by atoms with E-state index in [0.29, 0.717) is 19.8 Å². The highest BCUT2D eigenvalue weighted by molar-refractivity contribution is 5.20. The Hall–Kier alpha value is -1.06. The zero-order chi connectivity index (χ0) is 12.6. The van der Waals surface area contributed by atoms with Gasteiger partial charge in [0.25, 0.3) is 0 Å². The van der Waals surface area contributed by atoms with Gasteiger partial charge in [0.15, 0.2) is 0 Å². The molecule has 0 aliphatic heterocycles. The first-order chi connectivity index (χ1) is 8.14. The van der Waals surface area contributed by atoms with E-state index in [1.165, 1.54) is 0 Å². The van der Waals surface area contributed by atoms with Gasteiger partial charge in [-0.1, -0.05) is 25.1 Å². The first kappa shape index (κ1) is 14.0. The van der Waals surface area contributed by atoms with Crippen molar-refractivity contribution in [1.29, 1.82) is 0 Å². The summed E-state index contributed by atoms with van der Waals surface area (Å²) in [5, 5.41) is 0. The molecule has 0 bridgehead atoms. The lowest BCUT2D eigenvalue weighted by molar-refractivity contribution is 0.0802. The van der Waals surface area contributed by atoms with Crippen molar-refractivity contribution < 1.29 is 9.47 Å². The van der Waals surface area contributed by atoms with E-state index in [-0.39, 0.29) is 5.54 Å². The summed E-state index contributed by atoms with van der Waals surface area (Å²) in [5.41, 5.74) is 5.76. The van der Waals surface area contributed by atoms with Crippen molar-refractivity contribution in [2.45, 2.75) is 32.2 Å². The second kappa shape index (κ2) is 7.30. The summed E-state index contributed by atoms with van der Waals surface area (Å²) in [6.07, 6.45) is 1.81. The van der Waals surface area contributed by atoms with E-state index in [1.807, 2.05) is 37.3 Å². The van der Waals surface area contributed by atoms with E-state index in [2.05, 4.69) is 6.92 Å². The smallest absolute Gasteiger partial charge is 0.119 e. The van der Waals surface area contributed by atoms with Gasteiger partial charge >= 0.3 is 0 Å². The highest BCUT2D eigenvalue weighted by atomic mass is 16.5. The number of hydrogen-bond donors (Lipinski definition) is 1. The summed E-state index contributed by atoms with van der Waals surface area (Å²) in [6.45, 7) is 6.06. The van der Waals surface area contributed by atoms with Crippen molar-refractivity contribution in [2.24, 2.45) is 5.73 Å². The second-order valence-electron chi connectivity index (χ2n) is 4.58. The topological polar surface area (TPSA) is 44.5 Å². The van der Waals surface area contributed by atoms with Crippen molar-refractivity contribution >= 4 is 0 Å². The van der Waals surface area contributed by atoms with Crippen LogP contribution in [-0.2, 0) is 4.74 Å². The molecule has 0 saturated carbocycles. The molecule has 0 radical (unpaired) electrons. The normalized spacial score (nSPS) is 14.3. The highest BCUT2D eigenvalue weighted by Crippen LogP contribution is 2.08. The molecule has 0 aliphatic carbocycles. The molecule has 0 aromatic heterocycles. The lowest BCUT2D eigenvalue weighted by Gasteiger charge is -2.22. The molecule has 0 fully saturated rings. The SMILES string of the molecule is CCC(C)(N)COCCCOc1ccccc1. The molecule has 3 heteroatoms. The molecule has 2 N–H and O–H groups in total. The summed E-state index contributed by atoms with van der Waals surface area (Å²) < 4.78 is 11.1. The maximum atomic E-state index is 5.97. The molecule has 3 nitrogen and oxygen atoms in total. The summed E-state index contributed by atoms with van der Waals surface area (Å²) in [5.74, 6) is 0.907.